The molecule has 1 aromatic rings. The highest BCUT2D eigenvalue weighted by molar-refractivity contribution is 5.98. The second-order valence-corrected chi connectivity index (χ2v) is 4.85. The first-order valence-electron chi connectivity index (χ1n) is 6.33. The Morgan fingerprint density at radius 3 is 2.90 bits per heavy atom. The van der Waals surface area contributed by atoms with Gasteiger partial charge in [0.2, 0.25) is 6.41 Å². The minimum Gasteiger partial charge on any atom is -0.382 e. The lowest BCUT2D eigenvalue weighted by atomic mass is 10.1. The van der Waals surface area contributed by atoms with E-state index in [1.54, 1.807) is 18.2 Å². The summed E-state index contributed by atoms with van der Waals surface area (Å²) >= 11 is 0. The van der Waals surface area contributed by atoms with Crippen LogP contribution >= 0.6 is 0 Å². The molecule has 0 aliphatic heterocycles. The van der Waals surface area contributed by atoms with Crippen LogP contribution in [0.2, 0.25) is 0 Å². The molecule has 8 heteroatoms. The Hall–Kier alpha value is -2.38. The van der Waals surface area contributed by atoms with Crippen LogP contribution in [0.15, 0.2) is 33.6 Å². The SMILES string of the molecule is Cc1ccc(/C(N)=N/N=NCC2CC2(F)F)cc1NC=O. The average Bonchev–Trinajstić information content (AvgIpc) is 3.05. The van der Waals surface area contributed by atoms with E-state index in [1.807, 2.05) is 6.92 Å². The number of anilines is 1. The minimum absolute atomic E-state index is 0.0599. The van der Waals surface area contributed by atoms with Crippen LogP contribution in [-0.2, 0) is 4.79 Å². The van der Waals surface area contributed by atoms with E-state index in [0.29, 0.717) is 17.7 Å². The molecule has 0 heterocycles. The van der Waals surface area contributed by atoms with Crippen LogP contribution in [0.4, 0.5) is 14.5 Å². The highest BCUT2D eigenvalue weighted by Gasteiger charge is 2.56. The monoisotopic (exact) mass is 295 g/mol. The van der Waals surface area contributed by atoms with Crippen molar-refractivity contribution in [3.63, 3.8) is 0 Å². The van der Waals surface area contributed by atoms with Crippen LogP contribution in [0.3, 0.4) is 0 Å². The van der Waals surface area contributed by atoms with E-state index in [9.17, 15) is 13.6 Å². The number of nitrogens with zero attached hydrogens (tertiary/aromatic N) is 3. The van der Waals surface area contributed by atoms with Crippen molar-refractivity contribution in [3.8, 4) is 0 Å². The fourth-order valence-electron chi connectivity index (χ4n) is 1.74. The van der Waals surface area contributed by atoms with Gasteiger partial charge in [0.05, 0.1) is 6.54 Å². The Morgan fingerprint density at radius 1 is 1.57 bits per heavy atom. The molecule has 1 fully saturated rings. The Morgan fingerprint density at radius 2 is 2.29 bits per heavy atom. The van der Waals surface area contributed by atoms with Gasteiger partial charge in [0, 0.05) is 23.6 Å². The quantitative estimate of drug-likeness (QED) is 0.277. The van der Waals surface area contributed by atoms with E-state index in [2.05, 4.69) is 20.8 Å². The predicted octanol–water partition coefficient (Wildman–Crippen LogP) is 2.29. The molecule has 1 aliphatic carbocycles. The van der Waals surface area contributed by atoms with E-state index in [4.69, 9.17) is 5.73 Å². The fraction of sp³-hybridized carbons (Fsp3) is 0.385. The molecule has 1 amide bonds. The van der Waals surface area contributed by atoms with Gasteiger partial charge in [-0.05, 0) is 23.8 Å². The largest absolute Gasteiger partial charge is 0.382 e. The number of carbonyl (C=O) groups is 1. The van der Waals surface area contributed by atoms with Crippen molar-refractivity contribution in [2.75, 3.05) is 11.9 Å². The van der Waals surface area contributed by atoms with Crippen LogP contribution in [0, 0.1) is 12.8 Å². The molecule has 1 aliphatic rings. The third-order valence-electron chi connectivity index (χ3n) is 3.22. The van der Waals surface area contributed by atoms with Crippen LogP contribution < -0.4 is 11.1 Å². The minimum atomic E-state index is -2.61. The number of aryl methyl sites for hydroxylation is 1. The first-order valence-corrected chi connectivity index (χ1v) is 6.33. The number of hydrogen-bond acceptors (Lipinski definition) is 3. The lowest BCUT2D eigenvalue weighted by molar-refractivity contribution is -0.105. The van der Waals surface area contributed by atoms with Gasteiger partial charge < -0.3 is 11.1 Å². The summed E-state index contributed by atoms with van der Waals surface area (Å²) in [6.07, 6.45) is 0.416. The smallest absolute Gasteiger partial charge is 0.253 e. The molecule has 0 bridgehead atoms. The lowest BCUT2D eigenvalue weighted by Gasteiger charge is -2.06. The molecule has 0 saturated heterocycles. The van der Waals surface area contributed by atoms with Crippen LogP contribution in [0.1, 0.15) is 17.5 Å². The van der Waals surface area contributed by atoms with E-state index in [0.717, 1.165) is 5.56 Å². The summed E-state index contributed by atoms with van der Waals surface area (Å²) in [5.41, 5.74) is 7.76. The predicted molar refractivity (Wildman–Crippen MR) is 74.4 cm³/mol. The number of rotatable bonds is 6. The van der Waals surface area contributed by atoms with Crippen molar-refractivity contribution < 1.29 is 13.6 Å². The molecule has 0 aromatic heterocycles. The number of benzene rings is 1. The third-order valence-corrected chi connectivity index (χ3v) is 3.22. The second-order valence-electron chi connectivity index (χ2n) is 4.85. The summed E-state index contributed by atoms with van der Waals surface area (Å²) in [6.45, 7) is 1.77. The summed E-state index contributed by atoms with van der Waals surface area (Å²) in [5, 5.41) is 13.2. The van der Waals surface area contributed by atoms with Crippen molar-refractivity contribution in [2.24, 2.45) is 27.1 Å². The number of alkyl halides is 2. The molecular weight excluding hydrogens is 280 g/mol. The maximum atomic E-state index is 12.6. The van der Waals surface area contributed by atoms with Crippen molar-refractivity contribution in [2.45, 2.75) is 19.3 Å². The van der Waals surface area contributed by atoms with Crippen LogP contribution in [-0.4, -0.2) is 24.7 Å². The van der Waals surface area contributed by atoms with E-state index in [-0.39, 0.29) is 18.8 Å². The van der Waals surface area contributed by atoms with Gasteiger partial charge in [0.25, 0.3) is 5.92 Å². The maximum Gasteiger partial charge on any atom is 0.253 e. The molecule has 1 saturated carbocycles. The zero-order valence-electron chi connectivity index (χ0n) is 11.4. The summed E-state index contributed by atoms with van der Waals surface area (Å²) in [4.78, 5) is 10.5. The van der Waals surface area contributed by atoms with Crippen molar-refractivity contribution in [1.29, 1.82) is 0 Å². The molecule has 112 valence electrons. The van der Waals surface area contributed by atoms with Gasteiger partial charge >= 0.3 is 0 Å². The highest BCUT2D eigenvalue weighted by Crippen LogP contribution is 2.48. The standard InChI is InChI=1S/C13H15F2N5O/c1-8-2-3-9(4-11(8)17-7-21)12(16)19-20-18-6-10-5-13(10,14)15/h2-4,7,10H,5-6H2,1H3,(H,17,21)(H2,16,18,19). The molecule has 0 radical (unpaired) electrons. The zero-order chi connectivity index (χ0) is 15.5. The first-order chi connectivity index (χ1) is 9.94. The van der Waals surface area contributed by atoms with E-state index in [1.165, 1.54) is 0 Å². The Labute approximate surface area is 120 Å². The summed E-state index contributed by atoms with van der Waals surface area (Å²) in [5.74, 6) is -3.25. The number of carbonyl (C=O) groups excluding carboxylic acids is 1. The summed E-state index contributed by atoms with van der Waals surface area (Å²) < 4.78 is 25.2. The van der Waals surface area contributed by atoms with E-state index >= 15 is 0 Å². The normalized spacial score (nSPS) is 20.5. The second kappa shape index (κ2) is 5.94. The van der Waals surface area contributed by atoms with Gasteiger partial charge in [0.15, 0.2) is 5.84 Å². The topological polar surface area (TPSA) is 92.2 Å². The van der Waals surface area contributed by atoms with Crippen molar-refractivity contribution in [3.05, 3.63) is 29.3 Å². The maximum absolute atomic E-state index is 12.6. The van der Waals surface area contributed by atoms with Gasteiger partial charge in [-0.1, -0.05) is 12.1 Å². The van der Waals surface area contributed by atoms with Gasteiger partial charge in [0.1, 0.15) is 0 Å². The number of halogens is 2. The molecule has 0 spiro atoms. The number of nitrogens with two attached hydrogens (primary N) is 1. The third kappa shape index (κ3) is 3.80. The van der Waals surface area contributed by atoms with Gasteiger partial charge in [-0.25, -0.2) is 8.78 Å². The molecule has 3 N–H and O–H groups in total. The molecular formula is C13H15F2N5O. The Kier molecular flexibility index (Phi) is 4.25. The Balaban J connectivity index is 2.00. The van der Waals surface area contributed by atoms with E-state index < -0.39 is 11.8 Å². The van der Waals surface area contributed by atoms with Crippen LogP contribution in [0.5, 0.6) is 0 Å². The lowest BCUT2D eigenvalue weighted by Crippen LogP contribution is -2.13. The number of hydrogen-bond donors (Lipinski definition) is 2. The molecule has 1 unspecified atom stereocenters. The molecule has 6 nitrogen and oxygen atoms in total. The van der Waals surface area contributed by atoms with Crippen LogP contribution in [0.25, 0.3) is 0 Å². The summed E-state index contributed by atoms with van der Waals surface area (Å²) in [7, 11) is 0. The molecule has 21 heavy (non-hydrogen) atoms. The highest BCUT2D eigenvalue weighted by atomic mass is 19.3. The van der Waals surface area contributed by atoms with Crippen molar-refractivity contribution >= 4 is 17.9 Å². The molecule has 1 atom stereocenters. The summed E-state index contributed by atoms with van der Waals surface area (Å²) in [6, 6.07) is 5.13. The first kappa shape index (κ1) is 15.0. The molecule has 2 rings (SSSR count). The number of nitrogens with one attached hydrogen (secondary N) is 1. The zero-order valence-corrected chi connectivity index (χ0v) is 11.4. The molecule has 1 aromatic carbocycles. The average molecular weight is 295 g/mol. The van der Waals surface area contributed by atoms with Crippen molar-refractivity contribution in [1.82, 2.24) is 0 Å². The van der Waals surface area contributed by atoms with Gasteiger partial charge in [-0.2, -0.15) is 5.11 Å². The number of amidine groups is 1. The van der Waals surface area contributed by atoms with Gasteiger partial charge in [-0.15, -0.1) is 5.10 Å². The Bertz CT molecular complexity index is 600. The fourth-order valence-corrected chi connectivity index (χ4v) is 1.74. The number of amides is 1. The van der Waals surface area contributed by atoms with Gasteiger partial charge in [-0.3, -0.25) is 4.79 Å².